The molecule has 1 aliphatic heterocycles. The van der Waals surface area contributed by atoms with Gasteiger partial charge in [-0.05, 0) is 30.4 Å². The smallest absolute Gasteiger partial charge is 0.328 e. The maximum Gasteiger partial charge on any atom is 0.328 e. The van der Waals surface area contributed by atoms with Gasteiger partial charge in [-0.3, -0.25) is 19.5 Å². The Bertz CT molecular complexity index is 956. The number of aromatic amines is 1. The summed E-state index contributed by atoms with van der Waals surface area (Å²) in [6.45, 7) is 3.55. The van der Waals surface area contributed by atoms with Crippen LogP contribution in [-0.4, -0.2) is 57.5 Å². The first-order valence-electron chi connectivity index (χ1n) is 9.98. The molecule has 1 amide bonds. The van der Waals surface area contributed by atoms with Crippen LogP contribution in [0.2, 0.25) is 0 Å². The SMILES string of the molecule is O=C(CCn1ccc(=O)[nH]c1=O)N1CCN([C@H]2CCc3ccccc3C2)CC1. The number of aryl methyl sites for hydroxylation is 2. The number of rotatable bonds is 4. The third-order valence-corrected chi connectivity index (χ3v) is 5.97. The van der Waals surface area contributed by atoms with E-state index in [-0.39, 0.29) is 18.9 Å². The van der Waals surface area contributed by atoms with Crippen LogP contribution in [0.3, 0.4) is 0 Å². The zero-order chi connectivity index (χ0) is 19.5. The van der Waals surface area contributed by atoms with Gasteiger partial charge in [0.15, 0.2) is 0 Å². The van der Waals surface area contributed by atoms with Gasteiger partial charge in [0.25, 0.3) is 5.56 Å². The summed E-state index contributed by atoms with van der Waals surface area (Å²) < 4.78 is 1.37. The second-order valence-corrected chi connectivity index (χ2v) is 7.64. The minimum absolute atomic E-state index is 0.0618. The molecule has 4 rings (SSSR count). The molecule has 28 heavy (non-hydrogen) atoms. The molecule has 2 aliphatic rings. The van der Waals surface area contributed by atoms with Crippen molar-refractivity contribution in [3.8, 4) is 0 Å². The van der Waals surface area contributed by atoms with Crippen LogP contribution in [0, 0.1) is 0 Å². The average molecular weight is 382 g/mol. The predicted molar refractivity (Wildman–Crippen MR) is 106 cm³/mol. The average Bonchev–Trinajstić information content (AvgIpc) is 2.72. The van der Waals surface area contributed by atoms with Crippen molar-refractivity contribution >= 4 is 5.91 Å². The quantitative estimate of drug-likeness (QED) is 0.841. The number of H-pyrrole nitrogens is 1. The van der Waals surface area contributed by atoms with E-state index in [9.17, 15) is 14.4 Å². The molecule has 2 aromatic rings. The second-order valence-electron chi connectivity index (χ2n) is 7.64. The molecule has 1 fully saturated rings. The Morgan fingerprint density at radius 1 is 1.04 bits per heavy atom. The molecule has 1 aromatic carbocycles. The molecular formula is C21H26N4O3. The molecule has 1 atom stereocenters. The number of piperazine rings is 1. The van der Waals surface area contributed by atoms with Crippen molar-refractivity contribution in [1.82, 2.24) is 19.4 Å². The summed E-state index contributed by atoms with van der Waals surface area (Å²) in [5.41, 5.74) is 2.05. The van der Waals surface area contributed by atoms with Crippen molar-refractivity contribution in [2.45, 2.75) is 38.3 Å². The first-order chi connectivity index (χ1) is 13.6. The highest BCUT2D eigenvalue weighted by atomic mass is 16.2. The molecule has 0 unspecified atom stereocenters. The molecule has 148 valence electrons. The summed E-state index contributed by atoms with van der Waals surface area (Å²) >= 11 is 0. The van der Waals surface area contributed by atoms with Gasteiger partial charge < -0.3 is 9.47 Å². The molecule has 0 bridgehead atoms. The van der Waals surface area contributed by atoms with Crippen LogP contribution in [0.25, 0.3) is 0 Å². The second kappa shape index (κ2) is 8.14. The standard InChI is InChI=1S/C21H26N4O3/c26-19-7-9-25(21(28)22-19)10-8-20(27)24-13-11-23(12-14-24)18-6-5-16-3-1-2-4-17(16)15-18/h1-4,7,9,18H,5-6,8,10-15H2,(H,22,26,28)/t18-/m0/s1. The van der Waals surface area contributed by atoms with Crippen molar-refractivity contribution in [2.75, 3.05) is 26.2 Å². The van der Waals surface area contributed by atoms with E-state index in [1.54, 1.807) is 0 Å². The van der Waals surface area contributed by atoms with E-state index >= 15 is 0 Å². The number of amides is 1. The Hall–Kier alpha value is -2.67. The fourth-order valence-electron chi connectivity index (χ4n) is 4.32. The lowest BCUT2D eigenvalue weighted by Gasteiger charge is -2.41. The molecule has 1 N–H and O–H groups in total. The summed E-state index contributed by atoms with van der Waals surface area (Å²) in [6, 6.07) is 10.6. The first kappa shape index (κ1) is 18.7. The Morgan fingerprint density at radius 2 is 1.79 bits per heavy atom. The Kier molecular flexibility index (Phi) is 5.43. The van der Waals surface area contributed by atoms with Crippen molar-refractivity contribution in [1.29, 1.82) is 0 Å². The molecular weight excluding hydrogens is 356 g/mol. The third-order valence-electron chi connectivity index (χ3n) is 5.97. The highest BCUT2D eigenvalue weighted by Gasteiger charge is 2.28. The Labute approximate surface area is 163 Å². The molecule has 2 heterocycles. The highest BCUT2D eigenvalue weighted by molar-refractivity contribution is 5.76. The normalized spacial score (nSPS) is 20.0. The summed E-state index contributed by atoms with van der Waals surface area (Å²) in [7, 11) is 0. The third kappa shape index (κ3) is 4.09. The fraction of sp³-hybridized carbons (Fsp3) is 0.476. The van der Waals surface area contributed by atoms with Gasteiger partial charge in [-0.2, -0.15) is 0 Å². The van der Waals surface area contributed by atoms with Crippen LogP contribution in [0.15, 0.2) is 46.1 Å². The van der Waals surface area contributed by atoms with E-state index in [0.29, 0.717) is 6.04 Å². The zero-order valence-corrected chi connectivity index (χ0v) is 16.0. The monoisotopic (exact) mass is 382 g/mol. The van der Waals surface area contributed by atoms with Gasteiger partial charge in [0.05, 0.1) is 0 Å². The Morgan fingerprint density at radius 3 is 2.54 bits per heavy atom. The van der Waals surface area contributed by atoms with E-state index in [0.717, 1.165) is 39.0 Å². The van der Waals surface area contributed by atoms with Crippen molar-refractivity contribution in [2.24, 2.45) is 0 Å². The van der Waals surface area contributed by atoms with Crippen LogP contribution < -0.4 is 11.2 Å². The van der Waals surface area contributed by atoms with Gasteiger partial charge in [-0.25, -0.2) is 4.79 Å². The highest BCUT2D eigenvalue weighted by Crippen LogP contribution is 2.25. The number of nitrogens with one attached hydrogen (secondary N) is 1. The molecule has 1 saturated heterocycles. The van der Waals surface area contributed by atoms with Crippen molar-refractivity contribution in [3.05, 3.63) is 68.5 Å². The largest absolute Gasteiger partial charge is 0.340 e. The summed E-state index contributed by atoms with van der Waals surface area (Å²) in [6.07, 6.45) is 5.11. The van der Waals surface area contributed by atoms with E-state index < -0.39 is 11.2 Å². The van der Waals surface area contributed by atoms with Gasteiger partial charge in [0.1, 0.15) is 0 Å². The number of nitrogens with zero attached hydrogens (tertiary/aromatic N) is 3. The maximum absolute atomic E-state index is 12.5. The number of carbonyl (C=O) groups excluding carboxylic acids is 1. The van der Waals surface area contributed by atoms with E-state index in [1.807, 2.05) is 4.90 Å². The first-order valence-corrected chi connectivity index (χ1v) is 9.98. The number of aromatic nitrogens is 2. The lowest BCUT2D eigenvalue weighted by atomic mass is 9.87. The molecule has 0 radical (unpaired) electrons. The molecule has 0 saturated carbocycles. The molecule has 0 spiro atoms. The number of hydrogen-bond acceptors (Lipinski definition) is 4. The van der Waals surface area contributed by atoms with Crippen LogP contribution in [0.4, 0.5) is 0 Å². The van der Waals surface area contributed by atoms with E-state index in [4.69, 9.17) is 0 Å². The molecule has 7 nitrogen and oxygen atoms in total. The van der Waals surface area contributed by atoms with Crippen LogP contribution >= 0.6 is 0 Å². The van der Waals surface area contributed by atoms with E-state index in [1.165, 1.54) is 34.4 Å². The number of benzene rings is 1. The fourth-order valence-corrected chi connectivity index (χ4v) is 4.32. The molecule has 7 heteroatoms. The van der Waals surface area contributed by atoms with Crippen LogP contribution in [0.5, 0.6) is 0 Å². The molecule has 1 aliphatic carbocycles. The van der Waals surface area contributed by atoms with Crippen molar-refractivity contribution < 1.29 is 4.79 Å². The number of hydrogen-bond donors (Lipinski definition) is 1. The summed E-state index contributed by atoms with van der Waals surface area (Å²) in [4.78, 5) is 42.0. The van der Waals surface area contributed by atoms with Gasteiger partial charge in [0.2, 0.25) is 5.91 Å². The number of carbonyl (C=O) groups is 1. The predicted octanol–water partition coefficient (Wildman–Crippen LogP) is 0.628. The van der Waals surface area contributed by atoms with Gasteiger partial charge in [-0.1, -0.05) is 24.3 Å². The maximum atomic E-state index is 12.5. The lowest BCUT2D eigenvalue weighted by molar-refractivity contribution is -0.133. The molecule has 1 aromatic heterocycles. The Balaban J connectivity index is 1.27. The topological polar surface area (TPSA) is 78.4 Å². The van der Waals surface area contributed by atoms with Crippen LogP contribution in [0.1, 0.15) is 24.0 Å². The van der Waals surface area contributed by atoms with Gasteiger partial charge in [-0.15, -0.1) is 0 Å². The lowest BCUT2D eigenvalue weighted by Crippen LogP contribution is -2.53. The summed E-state index contributed by atoms with van der Waals surface area (Å²) in [5.74, 6) is 0.0618. The van der Waals surface area contributed by atoms with Crippen molar-refractivity contribution in [3.63, 3.8) is 0 Å². The van der Waals surface area contributed by atoms with Gasteiger partial charge >= 0.3 is 5.69 Å². The van der Waals surface area contributed by atoms with E-state index in [2.05, 4.69) is 34.1 Å². The summed E-state index contributed by atoms with van der Waals surface area (Å²) in [5, 5.41) is 0. The number of fused-ring (bicyclic) bond motifs is 1. The minimum atomic E-state index is -0.470. The zero-order valence-electron chi connectivity index (χ0n) is 16.0. The van der Waals surface area contributed by atoms with Crippen LogP contribution in [-0.2, 0) is 24.2 Å². The van der Waals surface area contributed by atoms with Gasteiger partial charge in [0, 0.05) is 57.4 Å². The minimum Gasteiger partial charge on any atom is -0.340 e.